The minimum Gasteiger partial charge on any atom is -0.472 e. The summed E-state index contributed by atoms with van der Waals surface area (Å²) < 4.78 is 32.7. The first kappa shape index (κ1) is 16.2. The van der Waals surface area contributed by atoms with Crippen LogP contribution in [0.4, 0.5) is 0 Å². The second-order valence-corrected chi connectivity index (χ2v) is 7.63. The highest BCUT2D eigenvalue weighted by molar-refractivity contribution is 7.89. The maximum atomic E-state index is 12.8. The van der Waals surface area contributed by atoms with Gasteiger partial charge in [-0.15, -0.1) is 5.10 Å². The number of sulfonamides is 1. The summed E-state index contributed by atoms with van der Waals surface area (Å²) in [5.41, 5.74) is 0.562. The Morgan fingerprint density at radius 1 is 1.30 bits per heavy atom. The molecule has 0 saturated carbocycles. The van der Waals surface area contributed by atoms with Crippen LogP contribution in [0.5, 0.6) is 5.88 Å². The Balaban J connectivity index is 1.76. The molecule has 0 amide bonds. The summed E-state index contributed by atoms with van der Waals surface area (Å²) in [5, 5.41) is 8.04. The van der Waals surface area contributed by atoms with E-state index in [1.54, 1.807) is 43.5 Å². The van der Waals surface area contributed by atoms with Gasteiger partial charge in [0.15, 0.2) is 0 Å². The minimum absolute atomic E-state index is 0.235. The molecule has 2 heterocycles. The lowest BCUT2D eigenvalue weighted by Crippen LogP contribution is -2.31. The van der Waals surface area contributed by atoms with Crippen LogP contribution in [-0.2, 0) is 10.0 Å². The molecule has 0 aliphatic carbocycles. The number of hydrogen-bond acceptors (Lipinski definition) is 5. The van der Waals surface area contributed by atoms with Crippen LogP contribution in [0, 0.1) is 6.92 Å². The Morgan fingerprint density at radius 2 is 2.13 bits per heavy atom. The van der Waals surface area contributed by atoms with E-state index < -0.39 is 10.0 Å². The number of benzene rings is 1. The van der Waals surface area contributed by atoms with Crippen LogP contribution in [0.25, 0.3) is 0 Å². The molecule has 1 aliphatic heterocycles. The molecule has 0 spiro atoms. The molecule has 0 N–H and O–H groups in total. The van der Waals surface area contributed by atoms with Gasteiger partial charge in [-0.2, -0.15) is 9.40 Å². The fourth-order valence-electron chi connectivity index (χ4n) is 2.54. The molecule has 1 aromatic heterocycles. The molecule has 6 nitrogen and oxygen atoms in total. The van der Waals surface area contributed by atoms with Crippen LogP contribution in [0.3, 0.4) is 0 Å². The van der Waals surface area contributed by atoms with E-state index in [2.05, 4.69) is 10.2 Å². The van der Waals surface area contributed by atoms with Crippen molar-refractivity contribution in [2.75, 3.05) is 13.1 Å². The fourth-order valence-corrected chi connectivity index (χ4v) is 4.50. The lowest BCUT2D eigenvalue weighted by atomic mass is 10.2. The second-order valence-electron chi connectivity index (χ2n) is 5.32. The predicted octanol–water partition coefficient (Wildman–Crippen LogP) is 2.28. The van der Waals surface area contributed by atoms with Gasteiger partial charge in [0, 0.05) is 23.8 Å². The number of rotatable bonds is 4. The van der Waals surface area contributed by atoms with Gasteiger partial charge >= 0.3 is 0 Å². The summed E-state index contributed by atoms with van der Waals surface area (Å²) in [7, 11) is -3.58. The number of hydrogen-bond donors (Lipinski definition) is 0. The largest absolute Gasteiger partial charge is 0.472 e. The molecule has 1 unspecified atom stereocenters. The van der Waals surface area contributed by atoms with Gasteiger partial charge in [-0.3, -0.25) is 0 Å². The average Bonchev–Trinajstić information content (AvgIpc) is 3.00. The third-order valence-corrected chi connectivity index (χ3v) is 6.20. The van der Waals surface area contributed by atoms with E-state index in [9.17, 15) is 8.42 Å². The molecule has 1 fully saturated rings. The molecule has 1 atom stereocenters. The summed E-state index contributed by atoms with van der Waals surface area (Å²) in [6, 6.07) is 8.32. The van der Waals surface area contributed by atoms with Crippen molar-refractivity contribution in [3.8, 4) is 5.88 Å². The number of ether oxygens (including phenoxy) is 1. The molecule has 0 radical (unpaired) electrons. The number of nitrogens with zero attached hydrogens (tertiary/aromatic N) is 3. The lowest BCUT2D eigenvalue weighted by molar-refractivity contribution is 0.204. The third-order valence-electron chi connectivity index (χ3n) is 3.78. The van der Waals surface area contributed by atoms with Crippen molar-refractivity contribution in [2.24, 2.45) is 0 Å². The van der Waals surface area contributed by atoms with Crippen LogP contribution < -0.4 is 4.74 Å². The first-order valence-electron chi connectivity index (χ1n) is 7.18. The van der Waals surface area contributed by atoms with Crippen molar-refractivity contribution in [2.45, 2.75) is 24.3 Å². The zero-order valence-corrected chi connectivity index (χ0v) is 14.1. The molecule has 8 heteroatoms. The van der Waals surface area contributed by atoms with Crippen LogP contribution in [0.15, 0.2) is 41.4 Å². The topological polar surface area (TPSA) is 72.4 Å². The quantitative estimate of drug-likeness (QED) is 0.843. The van der Waals surface area contributed by atoms with E-state index >= 15 is 0 Å². The molecule has 23 heavy (non-hydrogen) atoms. The lowest BCUT2D eigenvalue weighted by Gasteiger charge is -2.18. The Kier molecular flexibility index (Phi) is 4.52. The normalized spacial score (nSPS) is 19.0. The van der Waals surface area contributed by atoms with Crippen molar-refractivity contribution < 1.29 is 13.2 Å². The molecule has 2 aromatic rings. The Morgan fingerprint density at radius 3 is 2.87 bits per heavy atom. The summed E-state index contributed by atoms with van der Waals surface area (Å²) in [6.45, 7) is 2.39. The summed E-state index contributed by atoms with van der Waals surface area (Å²) >= 11 is 6.04. The maximum Gasteiger partial charge on any atom is 0.243 e. The third kappa shape index (κ3) is 3.31. The van der Waals surface area contributed by atoms with Gasteiger partial charge in [0.1, 0.15) is 6.10 Å². The summed E-state index contributed by atoms with van der Waals surface area (Å²) in [6.07, 6.45) is 1.93. The molecule has 122 valence electrons. The fraction of sp³-hybridized carbons (Fsp3) is 0.333. The summed E-state index contributed by atoms with van der Waals surface area (Å²) in [4.78, 5) is 0.241. The first-order valence-corrected chi connectivity index (χ1v) is 9.00. The van der Waals surface area contributed by atoms with Gasteiger partial charge in [0.25, 0.3) is 0 Å². The highest BCUT2D eigenvalue weighted by Gasteiger charge is 2.34. The highest BCUT2D eigenvalue weighted by atomic mass is 35.5. The van der Waals surface area contributed by atoms with Crippen LogP contribution >= 0.6 is 11.6 Å². The summed E-state index contributed by atoms with van der Waals surface area (Å²) in [5.74, 6) is 0.399. The van der Waals surface area contributed by atoms with Gasteiger partial charge in [-0.25, -0.2) is 8.42 Å². The van der Waals surface area contributed by atoms with E-state index in [-0.39, 0.29) is 17.5 Å². The van der Waals surface area contributed by atoms with Crippen molar-refractivity contribution >= 4 is 21.6 Å². The Labute approximate surface area is 140 Å². The second kappa shape index (κ2) is 6.43. The minimum atomic E-state index is -3.58. The van der Waals surface area contributed by atoms with E-state index in [4.69, 9.17) is 16.3 Å². The first-order chi connectivity index (χ1) is 11.0. The molecule has 1 aliphatic rings. The van der Waals surface area contributed by atoms with Gasteiger partial charge in [-0.1, -0.05) is 17.7 Å². The predicted molar refractivity (Wildman–Crippen MR) is 86.0 cm³/mol. The van der Waals surface area contributed by atoms with Gasteiger partial charge in [0.2, 0.25) is 15.9 Å². The van der Waals surface area contributed by atoms with Crippen molar-refractivity contribution in [1.82, 2.24) is 14.5 Å². The SMILES string of the molecule is Cc1c(Cl)cccc1S(=O)(=O)N1CCC(Oc2cccnn2)C1. The van der Waals surface area contributed by atoms with Crippen LogP contribution in [-0.4, -0.2) is 42.1 Å². The monoisotopic (exact) mass is 353 g/mol. The van der Waals surface area contributed by atoms with Crippen molar-refractivity contribution in [3.05, 3.63) is 47.1 Å². The molecule has 0 bridgehead atoms. The van der Waals surface area contributed by atoms with E-state index in [0.29, 0.717) is 29.4 Å². The Bertz CT molecular complexity index is 799. The zero-order chi connectivity index (χ0) is 16.4. The molecule has 3 rings (SSSR count). The van der Waals surface area contributed by atoms with E-state index in [1.165, 1.54) is 4.31 Å². The average molecular weight is 354 g/mol. The zero-order valence-electron chi connectivity index (χ0n) is 12.5. The highest BCUT2D eigenvalue weighted by Crippen LogP contribution is 2.28. The van der Waals surface area contributed by atoms with Gasteiger partial charge in [0.05, 0.1) is 11.4 Å². The van der Waals surface area contributed by atoms with E-state index in [0.717, 1.165) is 0 Å². The van der Waals surface area contributed by atoms with Crippen LogP contribution in [0.1, 0.15) is 12.0 Å². The van der Waals surface area contributed by atoms with Crippen LogP contribution in [0.2, 0.25) is 5.02 Å². The maximum absolute atomic E-state index is 12.8. The van der Waals surface area contributed by atoms with Gasteiger partial charge < -0.3 is 4.74 Å². The Hall–Kier alpha value is -1.70. The molecular weight excluding hydrogens is 338 g/mol. The van der Waals surface area contributed by atoms with Crippen molar-refractivity contribution in [1.29, 1.82) is 0 Å². The smallest absolute Gasteiger partial charge is 0.243 e. The molecule has 1 saturated heterocycles. The van der Waals surface area contributed by atoms with E-state index in [1.807, 2.05) is 0 Å². The molecular formula is C15H16ClN3O3S. The standard InChI is InChI=1S/C15H16ClN3O3S/c1-11-13(16)4-2-5-14(11)23(20,21)19-9-7-12(10-19)22-15-6-3-8-17-18-15/h2-6,8,12H,7,9-10H2,1H3. The molecule has 1 aromatic carbocycles. The van der Waals surface area contributed by atoms with Gasteiger partial charge in [-0.05, 0) is 37.1 Å². The van der Waals surface area contributed by atoms with Crippen molar-refractivity contribution in [3.63, 3.8) is 0 Å². The number of aromatic nitrogens is 2. The number of halogens is 1.